The van der Waals surface area contributed by atoms with Gasteiger partial charge in [-0.25, -0.2) is 9.97 Å². The van der Waals surface area contributed by atoms with Gasteiger partial charge in [0.15, 0.2) is 0 Å². The van der Waals surface area contributed by atoms with E-state index in [1.54, 1.807) is 37.7 Å². The SMILES string of the molecule is COc1cc(C(=O)N(C)C2CCc3ccccc32)ccc1Nc1ncc(Cl)c(-c2cnn(C(C)C)c2)n1. The lowest BCUT2D eigenvalue weighted by Crippen LogP contribution is -2.30. The highest BCUT2D eigenvalue weighted by atomic mass is 35.5. The lowest BCUT2D eigenvalue weighted by molar-refractivity contribution is 0.0730. The van der Waals surface area contributed by atoms with Gasteiger partial charge in [-0.05, 0) is 56.0 Å². The maximum absolute atomic E-state index is 13.4. The van der Waals surface area contributed by atoms with Gasteiger partial charge in [-0.2, -0.15) is 5.10 Å². The number of nitrogens with one attached hydrogen (secondary N) is 1. The molecule has 5 rings (SSSR count). The van der Waals surface area contributed by atoms with E-state index in [-0.39, 0.29) is 18.0 Å². The average Bonchev–Trinajstić information content (AvgIpc) is 3.57. The largest absolute Gasteiger partial charge is 0.495 e. The molecule has 1 N–H and O–H groups in total. The second-order valence-corrected chi connectivity index (χ2v) is 9.81. The van der Waals surface area contributed by atoms with Crippen molar-refractivity contribution in [1.29, 1.82) is 0 Å². The van der Waals surface area contributed by atoms with Crippen molar-refractivity contribution in [3.8, 4) is 17.0 Å². The van der Waals surface area contributed by atoms with Gasteiger partial charge in [-0.3, -0.25) is 9.48 Å². The van der Waals surface area contributed by atoms with Gasteiger partial charge in [0.25, 0.3) is 5.91 Å². The molecule has 4 aromatic rings. The molecule has 9 heteroatoms. The number of halogens is 1. The van der Waals surface area contributed by atoms with Crippen LogP contribution in [0.2, 0.25) is 5.02 Å². The molecule has 1 amide bonds. The van der Waals surface area contributed by atoms with Crippen LogP contribution in [0.1, 0.15) is 53.8 Å². The zero-order chi connectivity index (χ0) is 26.1. The number of fused-ring (bicyclic) bond motifs is 1. The Morgan fingerprint density at radius 1 is 1.22 bits per heavy atom. The van der Waals surface area contributed by atoms with Crippen LogP contribution in [0.15, 0.2) is 61.1 Å². The summed E-state index contributed by atoms with van der Waals surface area (Å²) in [6.07, 6.45) is 7.09. The number of aryl methyl sites for hydroxylation is 1. The van der Waals surface area contributed by atoms with Gasteiger partial charge in [-0.15, -0.1) is 0 Å². The molecule has 0 radical (unpaired) electrons. The van der Waals surface area contributed by atoms with Gasteiger partial charge < -0.3 is 15.0 Å². The lowest BCUT2D eigenvalue weighted by Gasteiger charge is -2.26. The van der Waals surface area contributed by atoms with Gasteiger partial charge in [0, 0.05) is 30.4 Å². The molecule has 1 unspecified atom stereocenters. The zero-order valence-electron chi connectivity index (χ0n) is 21.3. The van der Waals surface area contributed by atoms with Crippen molar-refractivity contribution in [2.24, 2.45) is 0 Å². The van der Waals surface area contributed by atoms with Crippen LogP contribution in [0.5, 0.6) is 5.75 Å². The van der Waals surface area contributed by atoms with E-state index in [1.807, 2.05) is 35.0 Å². The predicted octanol–water partition coefficient (Wildman–Crippen LogP) is 6.09. The maximum Gasteiger partial charge on any atom is 0.254 e. The average molecular weight is 517 g/mol. The monoisotopic (exact) mass is 516 g/mol. The van der Waals surface area contributed by atoms with E-state index in [0.29, 0.717) is 33.7 Å². The Kier molecular flexibility index (Phi) is 6.84. The van der Waals surface area contributed by atoms with Crippen LogP contribution in [-0.4, -0.2) is 44.7 Å². The van der Waals surface area contributed by atoms with Crippen LogP contribution in [-0.2, 0) is 6.42 Å². The van der Waals surface area contributed by atoms with Crippen LogP contribution in [0.25, 0.3) is 11.3 Å². The summed E-state index contributed by atoms with van der Waals surface area (Å²) in [6.45, 7) is 4.10. The summed E-state index contributed by atoms with van der Waals surface area (Å²) >= 11 is 6.40. The van der Waals surface area contributed by atoms with E-state index in [2.05, 4.69) is 46.4 Å². The molecule has 0 aliphatic heterocycles. The predicted molar refractivity (Wildman–Crippen MR) is 145 cm³/mol. The maximum atomic E-state index is 13.4. The summed E-state index contributed by atoms with van der Waals surface area (Å²) in [5.41, 5.74) is 5.09. The minimum absolute atomic E-state index is 0.0567. The molecule has 2 heterocycles. The molecule has 190 valence electrons. The molecule has 0 saturated heterocycles. The third-order valence-corrected chi connectivity index (χ3v) is 7.01. The van der Waals surface area contributed by atoms with Crippen molar-refractivity contribution < 1.29 is 9.53 Å². The summed E-state index contributed by atoms with van der Waals surface area (Å²) in [7, 11) is 3.43. The molecule has 37 heavy (non-hydrogen) atoms. The van der Waals surface area contributed by atoms with Gasteiger partial charge in [0.1, 0.15) is 5.75 Å². The minimum Gasteiger partial charge on any atom is -0.495 e. The third kappa shape index (κ3) is 4.89. The lowest BCUT2D eigenvalue weighted by atomic mass is 10.1. The van der Waals surface area contributed by atoms with Crippen LogP contribution >= 0.6 is 11.6 Å². The smallest absolute Gasteiger partial charge is 0.254 e. The molecular weight excluding hydrogens is 488 g/mol. The number of anilines is 2. The molecule has 0 bridgehead atoms. The number of rotatable bonds is 7. The second kappa shape index (κ2) is 10.2. The van der Waals surface area contributed by atoms with E-state index >= 15 is 0 Å². The number of nitrogens with zero attached hydrogens (tertiary/aromatic N) is 5. The summed E-state index contributed by atoms with van der Waals surface area (Å²) in [5.74, 6) is 0.811. The molecule has 8 nitrogen and oxygen atoms in total. The highest BCUT2D eigenvalue weighted by Crippen LogP contribution is 2.36. The number of methoxy groups -OCH3 is 1. The molecule has 0 saturated carbocycles. The summed E-state index contributed by atoms with van der Waals surface area (Å²) in [4.78, 5) is 24.1. The van der Waals surface area contributed by atoms with Crippen LogP contribution in [0, 0.1) is 0 Å². The normalized spacial score (nSPS) is 14.5. The van der Waals surface area contributed by atoms with E-state index in [0.717, 1.165) is 18.4 Å². The molecule has 2 aromatic heterocycles. The molecule has 1 aliphatic carbocycles. The van der Waals surface area contributed by atoms with E-state index in [9.17, 15) is 4.79 Å². The van der Waals surface area contributed by atoms with Crippen LogP contribution in [0.4, 0.5) is 11.6 Å². The summed E-state index contributed by atoms with van der Waals surface area (Å²) in [6, 6.07) is 13.9. The number of carbonyl (C=O) groups is 1. The molecule has 1 aliphatic rings. The quantitative estimate of drug-likeness (QED) is 0.320. The van der Waals surface area contributed by atoms with Crippen molar-refractivity contribution in [3.05, 3.63) is 82.8 Å². The molecule has 0 spiro atoms. The summed E-state index contributed by atoms with van der Waals surface area (Å²) < 4.78 is 7.46. The number of benzene rings is 2. The first-order valence-corrected chi connectivity index (χ1v) is 12.6. The Hall–Kier alpha value is -3.91. The van der Waals surface area contributed by atoms with Crippen molar-refractivity contribution in [2.75, 3.05) is 19.5 Å². The number of hydrogen-bond acceptors (Lipinski definition) is 6. The fourth-order valence-electron chi connectivity index (χ4n) is 4.70. The minimum atomic E-state index is -0.0567. The number of ether oxygens (including phenoxy) is 1. The molecule has 2 aromatic carbocycles. The van der Waals surface area contributed by atoms with Crippen molar-refractivity contribution in [1.82, 2.24) is 24.6 Å². The fourth-order valence-corrected chi connectivity index (χ4v) is 4.90. The van der Waals surface area contributed by atoms with E-state index < -0.39 is 0 Å². The molecule has 1 atom stereocenters. The number of hydrogen-bond donors (Lipinski definition) is 1. The molecular formula is C28H29ClN6O2. The van der Waals surface area contributed by atoms with Gasteiger partial charge in [0.05, 0.1) is 41.9 Å². The third-order valence-electron chi connectivity index (χ3n) is 6.73. The number of carbonyl (C=O) groups excluding carboxylic acids is 1. The Morgan fingerprint density at radius 2 is 2.03 bits per heavy atom. The Labute approximate surface area is 221 Å². The first-order chi connectivity index (χ1) is 17.9. The first kappa shape index (κ1) is 24.8. The standard InChI is InChI=1S/C28H29ClN6O2/c1-17(2)35-16-20(14-31-35)26-22(29)15-30-28(33-26)32-23-11-9-19(13-25(23)37-4)27(36)34(3)24-12-10-18-7-5-6-8-21(18)24/h5-9,11,13-17,24H,10,12H2,1-4H3,(H,30,32,33). The highest BCUT2D eigenvalue weighted by Gasteiger charge is 2.29. The van der Waals surface area contributed by atoms with Crippen molar-refractivity contribution >= 4 is 29.1 Å². The topological polar surface area (TPSA) is 85.2 Å². The van der Waals surface area contributed by atoms with Gasteiger partial charge >= 0.3 is 0 Å². The Morgan fingerprint density at radius 3 is 2.78 bits per heavy atom. The Balaban J connectivity index is 1.37. The fraction of sp³-hybridized carbons (Fsp3) is 0.286. The van der Waals surface area contributed by atoms with E-state index in [4.69, 9.17) is 16.3 Å². The van der Waals surface area contributed by atoms with Gasteiger partial charge in [-0.1, -0.05) is 35.9 Å². The number of amides is 1. The van der Waals surface area contributed by atoms with Crippen molar-refractivity contribution in [2.45, 2.75) is 38.8 Å². The van der Waals surface area contributed by atoms with Crippen LogP contribution in [0.3, 0.4) is 0 Å². The highest BCUT2D eigenvalue weighted by molar-refractivity contribution is 6.32. The Bertz CT molecular complexity index is 1450. The summed E-state index contributed by atoms with van der Waals surface area (Å²) in [5, 5.41) is 8.00. The van der Waals surface area contributed by atoms with Crippen LogP contribution < -0.4 is 10.1 Å². The second-order valence-electron chi connectivity index (χ2n) is 9.40. The zero-order valence-corrected chi connectivity index (χ0v) is 22.0. The van der Waals surface area contributed by atoms with Gasteiger partial charge in [0.2, 0.25) is 5.95 Å². The first-order valence-electron chi connectivity index (χ1n) is 12.2. The number of aromatic nitrogens is 4. The van der Waals surface area contributed by atoms with E-state index in [1.165, 1.54) is 11.1 Å². The molecule has 0 fully saturated rings. The van der Waals surface area contributed by atoms with Crippen molar-refractivity contribution in [3.63, 3.8) is 0 Å².